The van der Waals surface area contributed by atoms with E-state index in [0.717, 1.165) is 6.42 Å². The first kappa shape index (κ1) is 9.41. The van der Waals surface area contributed by atoms with Crippen molar-refractivity contribution in [2.45, 2.75) is 12.8 Å². The molecular formula is C16H14. The molecule has 0 fully saturated rings. The molecule has 0 atom stereocenters. The molecular weight excluding hydrogens is 192 g/mol. The van der Waals surface area contributed by atoms with Crippen molar-refractivity contribution in [1.82, 2.24) is 0 Å². The second-order valence-corrected chi connectivity index (χ2v) is 4.17. The Hall–Kier alpha value is -1.82. The topological polar surface area (TPSA) is 0 Å². The first-order valence-corrected chi connectivity index (χ1v) is 5.80. The van der Waals surface area contributed by atoms with Crippen molar-refractivity contribution in [3.8, 4) is 0 Å². The Bertz CT molecular complexity index is 568. The summed E-state index contributed by atoms with van der Waals surface area (Å²) in [5.74, 6) is 0. The largest absolute Gasteiger partial charge is 0.0836 e. The Balaban J connectivity index is 2.23. The van der Waals surface area contributed by atoms with Crippen LogP contribution in [-0.2, 0) is 0 Å². The molecule has 0 heteroatoms. The molecule has 3 rings (SSSR count). The molecule has 0 spiro atoms. The van der Waals surface area contributed by atoms with Gasteiger partial charge in [-0.15, -0.1) is 0 Å². The number of fused-ring (bicyclic) bond motifs is 1. The van der Waals surface area contributed by atoms with Gasteiger partial charge in [-0.3, -0.25) is 0 Å². The quantitative estimate of drug-likeness (QED) is 0.641. The minimum atomic E-state index is 1.16. The average Bonchev–Trinajstić information content (AvgIpc) is 2.39. The predicted octanol–water partition coefficient (Wildman–Crippen LogP) is 4.57. The van der Waals surface area contributed by atoms with Crippen LogP contribution in [0.4, 0.5) is 0 Å². The molecule has 0 amide bonds. The van der Waals surface area contributed by atoms with Crippen molar-refractivity contribution in [2.24, 2.45) is 0 Å². The molecule has 2 aromatic carbocycles. The van der Waals surface area contributed by atoms with Crippen LogP contribution >= 0.6 is 0 Å². The Morgan fingerprint density at radius 1 is 0.812 bits per heavy atom. The van der Waals surface area contributed by atoms with Crippen LogP contribution in [0.5, 0.6) is 0 Å². The predicted molar refractivity (Wildman–Crippen MR) is 70.3 cm³/mol. The van der Waals surface area contributed by atoms with Crippen LogP contribution in [0.1, 0.15) is 18.4 Å². The molecule has 0 unspecified atom stereocenters. The second kappa shape index (κ2) is 3.97. The molecule has 1 aliphatic rings. The van der Waals surface area contributed by atoms with Gasteiger partial charge in [0.15, 0.2) is 0 Å². The lowest BCUT2D eigenvalue weighted by Gasteiger charge is -2.10. The third-order valence-corrected chi connectivity index (χ3v) is 3.10. The molecule has 0 saturated carbocycles. The highest BCUT2D eigenvalue weighted by Crippen LogP contribution is 2.28. The summed E-state index contributed by atoms with van der Waals surface area (Å²) < 4.78 is 0. The van der Waals surface area contributed by atoms with Gasteiger partial charge < -0.3 is 0 Å². The highest BCUT2D eigenvalue weighted by atomic mass is 14.1. The molecule has 0 bridgehead atoms. The molecule has 2 aromatic rings. The first-order valence-electron chi connectivity index (χ1n) is 5.80. The van der Waals surface area contributed by atoms with E-state index in [9.17, 15) is 0 Å². The molecule has 0 aromatic heterocycles. The van der Waals surface area contributed by atoms with Gasteiger partial charge in [0.1, 0.15) is 0 Å². The maximum atomic E-state index is 2.34. The molecule has 16 heavy (non-hydrogen) atoms. The zero-order chi connectivity index (χ0) is 10.8. The van der Waals surface area contributed by atoms with E-state index in [2.05, 4.69) is 60.7 Å². The lowest BCUT2D eigenvalue weighted by atomic mass is 9.95. The molecule has 78 valence electrons. The van der Waals surface area contributed by atoms with Gasteiger partial charge >= 0.3 is 0 Å². The van der Waals surface area contributed by atoms with Crippen LogP contribution in [0.3, 0.4) is 0 Å². The van der Waals surface area contributed by atoms with Crippen LogP contribution in [-0.4, -0.2) is 0 Å². The van der Waals surface area contributed by atoms with Crippen molar-refractivity contribution in [3.05, 3.63) is 66.3 Å². The summed E-state index contributed by atoms with van der Waals surface area (Å²) in [6.07, 6.45) is 9.17. The summed E-state index contributed by atoms with van der Waals surface area (Å²) in [6.45, 7) is 0. The molecule has 0 aliphatic heterocycles. The maximum absolute atomic E-state index is 2.34. The van der Waals surface area contributed by atoms with E-state index in [1.165, 1.54) is 28.3 Å². The molecule has 0 radical (unpaired) electrons. The van der Waals surface area contributed by atoms with Gasteiger partial charge in [-0.1, -0.05) is 60.7 Å². The van der Waals surface area contributed by atoms with Crippen molar-refractivity contribution < 1.29 is 0 Å². The number of hydrogen-bond acceptors (Lipinski definition) is 0. The Morgan fingerprint density at radius 2 is 1.69 bits per heavy atom. The van der Waals surface area contributed by atoms with Gasteiger partial charge in [-0.25, -0.2) is 0 Å². The minimum absolute atomic E-state index is 1.16. The highest BCUT2D eigenvalue weighted by molar-refractivity contribution is 5.96. The third-order valence-electron chi connectivity index (χ3n) is 3.10. The maximum Gasteiger partial charge on any atom is -0.0106 e. The lowest BCUT2D eigenvalue weighted by molar-refractivity contribution is 1.04. The molecule has 0 N–H and O–H groups in total. The van der Waals surface area contributed by atoms with E-state index in [0.29, 0.717) is 0 Å². The molecule has 0 nitrogen and oxygen atoms in total. The monoisotopic (exact) mass is 206 g/mol. The number of allylic oxidation sites excluding steroid dienone is 4. The lowest BCUT2D eigenvalue weighted by Crippen LogP contribution is -1.87. The van der Waals surface area contributed by atoms with Gasteiger partial charge in [0.25, 0.3) is 0 Å². The summed E-state index contributed by atoms with van der Waals surface area (Å²) in [7, 11) is 0. The van der Waals surface area contributed by atoms with Crippen molar-refractivity contribution >= 4 is 16.3 Å². The number of hydrogen-bond donors (Lipinski definition) is 0. The Kier molecular flexibility index (Phi) is 2.34. The zero-order valence-electron chi connectivity index (χ0n) is 9.19. The molecule has 0 heterocycles. The van der Waals surface area contributed by atoms with Crippen LogP contribution in [0.2, 0.25) is 0 Å². The third kappa shape index (κ3) is 1.57. The van der Waals surface area contributed by atoms with Crippen LogP contribution in [0.15, 0.2) is 60.7 Å². The van der Waals surface area contributed by atoms with E-state index < -0.39 is 0 Å². The smallest absolute Gasteiger partial charge is 0.0106 e. The number of rotatable bonds is 1. The summed E-state index contributed by atoms with van der Waals surface area (Å²) in [4.78, 5) is 0. The Labute approximate surface area is 95.9 Å². The average molecular weight is 206 g/mol. The van der Waals surface area contributed by atoms with E-state index in [-0.39, 0.29) is 0 Å². The fraction of sp³-hybridized carbons (Fsp3) is 0.125. The molecule has 0 saturated heterocycles. The summed E-state index contributed by atoms with van der Waals surface area (Å²) in [6, 6.07) is 15.1. The molecule has 1 aliphatic carbocycles. The van der Waals surface area contributed by atoms with Crippen LogP contribution in [0.25, 0.3) is 16.3 Å². The van der Waals surface area contributed by atoms with Gasteiger partial charge in [-0.2, -0.15) is 0 Å². The van der Waals surface area contributed by atoms with Gasteiger partial charge in [0.2, 0.25) is 0 Å². The highest BCUT2D eigenvalue weighted by Gasteiger charge is 2.04. The van der Waals surface area contributed by atoms with E-state index in [1.807, 2.05) is 0 Å². The zero-order valence-corrected chi connectivity index (χ0v) is 9.19. The van der Waals surface area contributed by atoms with Gasteiger partial charge in [0.05, 0.1) is 0 Å². The standard InChI is InChI=1S/C16H14/c1-2-7-13(8-3-1)16-12-6-10-14-9-4-5-11-15(14)16/h2,4-12H,1,3H2. The van der Waals surface area contributed by atoms with Crippen molar-refractivity contribution in [1.29, 1.82) is 0 Å². The summed E-state index contributed by atoms with van der Waals surface area (Å²) in [5.41, 5.74) is 2.72. The summed E-state index contributed by atoms with van der Waals surface area (Å²) >= 11 is 0. The van der Waals surface area contributed by atoms with E-state index in [1.54, 1.807) is 0 Å². The van der Waals surface area contributed by atoms with Crippen LogP contribution in [0, 0.1) is 0 Å². The minimum Gasteiger partial charge on any atom is -0.0836 e. The van der Waals surface area contributed by atoms with Crippen molar-refractivity contribution in [2.75, 3.05) is 0 Å². The van der Waals surface area contributed by atoms with E-state index in [4.69, 9.17) is 0 Å². The second-order valence-electron chi connectivity index (χ2n) is 4.17. The number of benzene rings is 2. The van der Waals surface area contributed by atoms with Crippen molar-refractivity contribution in [3.63, 3.8) is 0 Å². The fourth-order valence-corrected chi connectivity index (χ4v) is 2.29. The van der Waals surface area contributed by atoms with E-state index >= 15 is 0 Å². The van der Waals surface area contributed by atoms with Gasteiger partial charge in [0, 0.05) is 0 Å². The van der Waals surface area contributed by atoms with Crippen LogP contribution < -0.4 is 0 Å². The normalized spacial score (nSPS) is 15.1. The SMILES string of the molecule is C1=CC(c2cccc3ccccc23)=CCC1. The Morgan fingerprint density at radius 3 is 2.56 bits per heavy atom. The first-order chi connectivity index (χ1) is 7.95. The summed E-state index contributed by atoms with van der Waals surface area (Å²) in [5, 5.41) is 2.67. The van der Waals surface area contributed by atoms with Gasteiger partial charge in [-0.05, 0) is 34.8 Å². The fourth-order valence-electron chi connectivity index (χ4n) is 2.29.